The zero-order valence-corrected chi connectivity index (χ0v) is 8.22. The van der Waals surface area contributed by atoms with Crippen molar-refractivity contribution in [2.75, 3.05) is 0 Å². The second-order valence-electron chi connectivity index (χ2n) is 0.289. The minimum Gasteiger partial charge on any atom is -0.804 e. The van der Waals surface area contributed by atoms with Crippen LogP contribution in [0.15, 0.2) is 0 Å². The molecule has 0 aliphatic carbocycles. The predicted molar refractivity (Wildman–Crippen MR) is 36.9 cm³/mol. The normalized spacial score (nSPS) is 8.70. The summed E-state index contributed by atoms with van der Waals surface area (Å²) < 4.78 is 25.4. The van der Waals surface area contributed by atoms with Crippen molar-refractivity contribution in [2.24, 2.45) is 0 Å². The molecule has 0 amide bonds. The summed E-state index contributed by atoms with van der Waals surface area (Å²) in [6.07, 6.45) is 0. The molecule has 0 heterocycles. The van der Waals surface area contributed by atoms with Crippen LogP contribution in [0.1, 0.15) is 0 Å². The van der Waals surface area contributed by atoms with Crippen LogP contribution in [0, 0.1) is 0 Å². The summed E-state index contributed by atoms with van der Waals surface area (Å²) in [5, 5.41) is 0. The average molecular weight is 206 g/mol. The van der Waals surface area contributed by atoms with Gasteiger partial charge >= 0.3 is 8.41 Å². The maximum atomic E-state index is 8.46. The molecule has 0 N–H and O–H groups in total. The molecule has 6 nitrogen and oxygen atoms in total. The number of rotatable bonds is 0. The molecule has 0 saturated carbocycles. The molecule has 0 bridgehead atoms. The van der Waals surface area contributed by atoms with Gasteiger partial charge in [-0.2, -0.15) is 0 Å². The molecular weight excluding hydrogens is 200 g/mol. The third kappa shape index (κ3) is 1250. The van der Waals surface area contributed by atoms with Crippen molar-refractivity contribution in [2.45, 2.75) is 0 Å². The fourth-order valence-corrected chi connectivity index (χ4v) is 0. The third-order valence-corrected chi connectivity index (χ3v) is 0. The molecular formula is H6BO6P3. The quantitative estimate of drug-likeness (QED) is 0.301. The maximum absolute atomic E-state index is 8.46. The predicted octanol–water partition coefficient (Wildman–Crippen LogP) is -3.33. The Hall–Kier alpha value is 0.635. The van der Waals surface area contributed by atoms with E-state index in [1.807, 2.05) is 0 Å². The van der Waals surface area contributed by atoms with E-state index in [4.69, 9.17) is 28.4 Å². The van der Waals surface area contributed by atoms with Crippen molar-refractivity contribution in [1.82, 2.24) is 0 Å². The average Bonchev–Trinajstić information content (AvgIpc) is 1.70. The molecule has 3 unspecified atom stereocenters. The molecule has 60 valence electrons. The van der Waals surface area contributed by atoms with Crippen molar-refractivity contribution >= 4 is 34.5 Å². The van der Waals surface area contributed by atoms with Crippen molar-refractivity contribution in [3.05, 3.63) is 0 Å². The van der Waals surface area contributed by atoms with E-state index in [1.165, 1.54) is 0 Å². The third-order valence-electron chi connectivity index (χ3n) is 0. The zero-order chi connectivity index (χ0) is 8.12. The van der Waals surface area contributed by atoms with E-state index in [1.54, 1.807) is 0 Å². The van der Waals surface area contributed by atoms with Crippen molar-refractivity contribution in [1.29, 1.82) is 0 Å². The van der Waals surface area contributed by atoms with Gasteiger partial charge in [-0.25, -0.2) is 0 Å². The molecule has 0 radical (unpaired) electrons. The van der Waals surface area contributed by atoms with Crippen molar-refractivity contribution < 1.29 is 28.4 Å². The molecule has 0 spiro atoms. The zero-order valence-electron chi connectivity index (χ0n) is 4.76. The molecule has 0 aromatic carbocycles. The van der Waals surface area contributed by atoms with Gasteiger partial charge in [0.2, 0.25) is 0 Å². The molecule has 10 heteroatoms. The van der Waals surface area contributed by atoms with Crippen molar-refractivity contribution in [3.63, 3.8) is 0 Å². The fourth-order valence-electron chi connectivity index (χ4n) is 0. The van der Waals surface area contributed by atoms with Crippen LogP contribution < -0.4 is 14.7 Å². The SMILES string of the molecule is O=[PH2][O-].O=[PH2][O-].O=[PH2][O-].[B+3]. The van der Waals surface area contributed by atoms with Crippen LogP contribution in [0.2, 0.25) is 0 Å². The van der Waals surface area contributed by atoms with Gasteiger partial charge in [0.1, 0.15) is 0 Å². The van der Waals surface area contributed by atoms with Crippen LogP contribution in [0.4, 0.5) is 0 Å². The second kappa shape index (κ2) is 54.4. The van der Waals surface area contributed by atoms with Crippen LogP contribution in [-0.2, 0) is 13.7 Å². The largest absolute Gasteiger partial charge is 3.00 e. The standard InChI is InChI=1S/B.3H3O2P/c;3*1-3-2/h;3*3H2,(H,1,2)/q+3;;;/p-3. The van der Waals surface area contributed by atoms with Crippen LogP contribution in [-0.4, -0.2) is 8.41 Å². The Bertz CT molecular complexity index is 49.7. The van der Waals surface area contributed by atoms with Gasteiger partial charge in [-0.05, 0) is 26.1 Å². The van der Waals surface area contributed by atoms with Crippen molar-refractivity contribution in [3.8, 4) is 0 Å². The summed E-state index contributed by atoms with van der Waals surface area (Å²) in [6.45, 7) is 0. The van der Waals surface area contributed by atoms with E-state index in [9.17, 15) is 0 Å². The summed E-state index contributed by atoms with van der Waals surface area (Å²) in [5.74, 6) is 0. The van der Waals surface area contributed by atoms with Gasteiger partial charge in [-0.1, -0.05) is 0 Å². The Morgan fingerprint density at radius 2 is 0.700 bits per heavy atom. The van der Waals surface area contributed by atoms with Crippen LogP contribution >= 0.6 is 26.1 Å². The summed E-state index contributed by atoms with van der Waals surface area (Å²) in [6, 6.07) is 0. The van der Waals surface area contributed by atoms with Crippen LogP contribution in [0.25, 0.3) is 0 Å². The van der Waals surface area contributed by atoms with E-state index >= 15 is 0 Å². The minimum atomic E-state index is -1.75. The van der Waals surface area contributed by atoms with Gasteiger partial charge in [0, 0.05) is 0 Å². The molecule has 10 heavy (non-hydrogen) atoms. The number of hydrogen-bond acceptors (Lipinski definition) is 6. The fraction of sp³-hybridized carbons (Fsp3) is 0. The maximum Gasteiger partial charge on any atom is 3.00 e. The Labute approximate surface area is 63.7 Å². The smallest absolute Gasteiger partial charge is 0.804 e. The first kappa shape index (κ1) is 22.4. The van der Waals surface area contributed by atoms with Crippen LogP contribution in [0.3, 0.4) is 0 Å². The molecule has 0 saturated heterocycles. The summed E-state index contributed by atoms with van der Waals surface area (Å²) >= 11 is 0. The van der Waals surface area contributed by atoms with Crippen LogP contribution in [0.5, 0.6) is 0 Å². The Morgan fingerprint density at radius 1 is 0.700 bits per heavy atom. The molecule has 0 aromatic heterocycles. The molecule has 0 rings (SSSR count). The van der Waals surface area contributed by atoms with E-state index in [0.29, 0.717) is 0 Å². The monoisotopic (exact) mass is 206 g/mol. The topological polar surface area (TPSA) is 120 Å². The Balaban J connectivity index is -0.0000000257. The van der Waals surface area contributed by atoms with Gasteiger partial charge in [0.05, 0.1) is 0 Å². The molecule has 0 aromatic rings. The summed E-state index contributed by atoms with van der Waals surface area (Å²) in [7, 11) is -5.25. The van der Waals surface area contributed by atoms with Gasteiger partial charge in [0.25, 0.3) is 0 Å². The Kier molecular flexibility index (Phi) is 122. The van der Waals surface area contributed by atoms with E-state index in [-0.39, 0.29) is 8.41 Å². The van der Waals surface area contributed by atoms with E-state index in [0.717, 1.165) is 0 Å². The molecule has 0 aliphatic rings. The van der Waals surface area contributed by atoms with Gasteiger partial charge in [0.15, 0.2) is 0 Å². The van der Waals surface area contributed by atoms with Gasteiger partial charge < -0.3 is 28.4 Å². The second-order valence-corrected chi connectivity index (χ2v) is 0.866. The Morgan fingerprint density at radius 3 is 0.700 bits per heavy atom. The first-order valence-electron chi connectivity index (χ1n) is 1.41. The minimum absolute atomic E-state index is 0. The summed E-state index contributed by atoms with van der Waals surface area (Å²) in [4.78, 5) is 25.4. The first-order chi connectivity index (χ1) is 4.24. The van der Waals surface area contributed by atoms with E-state index < -0.39 is 26.1 Å². The molecule has 3 atom stereocenters. The first-order valence-corrected chi connectivity index (χ1v) is 4.24. The molecule has 0 fully saturated rings. The molecule has 0 aliphatic heterocycles. The number of hydrogen-bond donors (Lipinski definition) is 0. The van der Waals surface area contributed by atoms with Gasteiger partial charge in [-0.3, -0.25) is 0 Å². The van der Waals surface area contributed by atoms with Gasteiger partial charge in [-0.15, -0.1) is 0 Å². The van der Waals surface area contributed by atoms with E-state index in [2.05, 4.69) is 0 Å². The summed E-state index contributed by atoms with van der Waals surface area (Å²) in [5.41, 5.74) is 0.